The Kier molecular flexibility index (Phi) is 4.58. The first-order valence-electron chi connectivity index (χ1n) is 5.15. The van der Waals surface area contributed by atoms with Crippen molar-refractivity contribution < 1.29 is 4.79 Å². The van der Waals surface area contributed by atoms with Crippen molar-refractivity contribution in [2.75, 3.05) is 11.1 Å². The Morgan fingerprint density at radius 1 is 1.35 bits per heavy atom. The fraction of sp³-hybridized carbons (Fsp3) is 0.167. The molecule has 0 spiro atoms. The number of nitrogens with zero attached hydrogens (tertiary/aromatic N) is 1. The number of carbonyl (C=O) groups excluding carboxylic acids is 1. The third-order valence-electron chi connectivity index (χ3n) is 1.99. The molecular weight excluding hydrogens is 252 g/mol. The zero-order valence-electron chi connectivity index (χ0n) is 9.13. The smallest absolute Gasteiger partial charge is 0.235 e. The quantitative estimate of drug-likeness (QED) is 0.902. The Morgan fingerprint density at radius 3 is 3.00 bits per heavy atom. The Balaban J connectivity index is 1.71. The number of carbonyl (C=O) groups is 1. The molecule has 0 saturated carbocycles. The predicted octanol–water partition coefficient (Wildman–Crippen LogP) is 3.02. The molecule has 0 aliphatic rings. The number of hydrogen-bond acceptors (Lipinski definition) is 4. The van der Waals surface area contributed by atoms with Gasteiger partial charge in [0.1, 0.15) is 5.82 Å². The van der Waals surface area contributed by atoms with Gasteiger partial charge in [-0.05, 0) is 23.6 Å². The van der Waals surface area contributed by atoms with Crippen LogP contribution in [0.2, 0.25) is 0 Å². The summed E-state index contributed by atoms with van der Waals surface area (Å²) in [5.74, 6) is 1.93. The second kappa shape index (κ2) is 6.42. The fourth-order valence-corrected chi connectivity index (χ4v) is 2.92. The van der Waals surface area contributed by atoms with E-state index < -0.39 is 0 Å². The number of aromatic nitrogens is 1. The molecule has 3 nitrogen and oxygen atoms in total. The SMILES string of the molecule is O=C(CSCc1cccs1)Nc1ccccn1. The van der Waals surface area contributed by atoms with Crippen molar-refractivity contribution in [3.8, 4) is 0 Å². The zero-order valence-corrected chi connectivity index (χ0v) is 10.8. The van der Waals surface area contributed by atoms with Crippen molar-refractivity contribution >= 4 is 34.8 Å². The molecule has 0 atom stereocenters. The highest BCUT2D eigenvalue weighted by molar-refractivity contribution is 7.99. The van der Waals surface area contributed by atoms with Gasteiger partial charge in [-0.15, -0.1) is 23.1 Å². The van der Waals surface area contributed by atoms with Crippen LogP contribution in [0.4, 0.5) is 5.82 Å². The molecule has 1 amide bonds. The Hall–Kier alpha value is -1.33. The summed E-state index contributed by atoms with van der Waals surface area (Å²) >= 11 is 3.32. The average Bonchev–Trinajstić information content (AvgIpc) is 2.83. The number of hydrogen-bond donors (Lipinski definition) is 1. The van der Waals surface area contributed by atoms with Crippen molar-refractivity contribution in [2.45, 2.75) is 5.75 Å². The largest absolute Gasteiger partial charge is 0.310 e. The zero-order chi connectivity index (χ0) is 11.9. The second-order valence-corrected chi connectivity index (χ2v) is 5.35. The van der Waals surface area contributed by atoms with Gasteiger partial charge in [0.2, 0.25) is 5.91 Å². The maximum atomic E-state index is 11.6. The van der Waals surface area contributed by atoms with Gasteiger partial charge in [0.05, 0.1) is 5.75 Å². The molecule has 2 aromatic heterocycles. The number of nitrogens with one attached hydrogen (secondary N) is 1. The summed E-state index contributed by atoms with van der Waals surface area (Å²) in [6.45, 7) is 0. The lowest BCUT2D eigenvalue weighted by Gasteiger charge is -2.03. The van der Waals surface area contributed by atoms with E-state index in [1.807, 2.05) is 23.6 Å². The van der Waals surface area contributed by atoms with Crippen molar-refractivity contribution in [1.82, 2.24) is 4.98 Å². The molecule has 88 valence electrons. The van der Waals surface area contributed by atoms with Crippen molar-refractivity contribution in [1.29, 1.82) is 0 Å². The Bertz CT molecular complexity index is 457. The van der Waals surface area contributed by atoms with Gasteiger partial charge in [0.25, 0.3) is 0 Å². The van der Waals surface area contributed by atoms with Gasteiger partial charge in [-0.1, -0.05) is 12.1 Å². The predicted molar refractivity (Wildman–Crippen MR) is 73.3 cm³/mol. The fourth-order valence-electron chi connectivity index (χ4n) is 1.25. The summed E-state index contributed by atoms with van der Waals surface area (Å²) in [4.78, 5) is 16.9. The van der Waals surface area contributed by atoms with Crippen LogP contribution in [0.5, 0.6) is 0 Å². The number of anilines is 1. The summed E-state index contributed by atoms with van der Waals surface area (Å²) in [7, 11) is 0. The van der Waals surface area contributed by atoms with E-state index in [4.69, 9.17) is 0 Å². The van der Waals surface area contributed by atoms with Crippen LogP contribution in [-0.2, 0) is 10.5 Å². The van der Waals surface area contributed by atoms with Crippen molar-refractivity contribution in [2.24, 2.45) is 0 Å². The van der Waals surface area contributed by atoms with Crippen molar-refractivity contribution in [3.05, 3.63) is 46.8 Å². The van der Waals surface area contributed by atoms with E-state index >= 15 is 0 Å². The van der Waals surface area contributed by atoms with E-state index in [0.29, 0.717) is 11.6 Å². The van der Waals surface area contributed by atoms with Crippen LogP contribution in [0.15, 0.2) is 41.9 Å². The molecule has 0 aliphatic heterocycles. The summed E-state index contributed by atoms with van der Waals surface area (Å²) < 4.78 is 0. The van der Waals surface area contributed by atoms with Crippen molar-refractivity contribution in [3.63, 3.8) is 0 Å². The minimum atomic E-state index is -0.00902. The molecule has 2 rings (SSSR count). The Morgan fingerprint density at radius 2 is 2.29 bits per heavy atom. The van der Waals surface area contributed by atoms with Gasteiger partial charge in [0.15, 0.2) is 0 Å². The molecule has 2 heterocycles. The lowest BCUT2D eigenvalue weighted by Crippen LogP contribution is -2.14. The van der Waals surface area contributed by atoms with Crippen LogP contribution >= 0.6 is 23.1 Å². The standard InChI is InChI=1S/C12H12N2OS2/c15-12(14-11-5-1-2-6-13-11)9-16-8-10-4-3-7-17-10/h1-7H,8-9H2,(H,13,14,15). The van der Waals surface area contributed by atoms with E-state index in [0.717, 1.165) is 5.75 Å². The highest BCUT2D eigenvalue weighted by atomic mass is 32.2. The van der Waals surface area contributed by atoms with Crippen LogP contribution < -0.4 is 5.32 Å². The molecule has 0 unspecified atom stereocenters. The highest BCUT2D eigenvalue weighted by Gasteiger charge is 2.03. The molecule has 0 aliphatic carbocycles. The average molecular weight is 264 g/mol. The molecule has 0 radical (unpaired) electrons. The van der Waals surface area contributed by atoms with Crippen LogP contribution in [0, 0.1) is 0 Å². The maximum Gasteiger partial charge on any atom is 0.235 e. The number of pyridine rings is 1. The topological polar surface area (TPSA) is 42.0 Å². The number of thioether (sulfide) groups is 1. The van der Waals surface area contributed by atoms with Crippen LogP contribution in [0.25, 0.3) is 0 Å². The van der Waals surface area contributed by atoms with Gasteiger partial charge < -0.3 is 5.32 Å². The van der Waals surface area contributed by atoms with Gasteiger partial charge in [-0.2, -0.15) is 0 Å². The highest BCUT2D eigenvalue weighted by Crippen LogP contribution is 2.17. The second-order valence-electron chi connectivity index (χ2n) is 3.34. The number of thiophene rings is 1. The summed E-state index contributed by atoms with van der Waals surface area (Å²) in [5, 5.41) is 4.80. The minimum Gasteiger partial charge on any atom is -0.310 e. The Labute approximate surface area is 108 Å². The van der Waals surface area contributed by atoms with E-state index in [1.165, 1.54) is 4.88 Å². The molecule has 0 aromatic carbocycles. The summed E-state index contributed by atoms with van der Waals surface area (Å²) in [5.41, 5.74) is 0. The van der Waals surface area contributed by atoms with E-state index in [2.05, 4.69) is 16.4 Å². The number of amides is 1. The molecule has 2 aromatic rings. The van der Waals surface area contributed by atoms with Crippen LogP contribution in [-0.4, -0.2) is 16.6 Å². The lowest BCUT2D eigenvalue weighted by molar-refractivity contribution is -0.113. The molecule has 1 N–H and O–H groups in total. The third kappa shape index (κ3) is 4.20. The monoisotopic (exact) mass is 264 g/mol. The van der Waals surface area contributed by atoms with E-state index in [-0.39, 0.29) is 5.91 Å². The third-order valence-corrected chi connectivity index (χ3v) is 4.03. The van der Waals surface area contributed by atoms with Gasteiger partial charge >= 0.3 is 0 Å². The molecule has 0 fully saturated rings. The molecule has 0 saturated heterocycles. The number of rotatable bonds is 5. The molecule has 17 heavy (non-hydrogen) atoms. The lowest BCUT2D eigenvalue weighted by atomic mass is 10.4. The van der Waals surface area contributed by atoms with Gasteiger partial charge in [-0.3, -0.25) is 4.79 Å². The normalized spacial score (nSPS) is 10.1. The maximum absolute atomic E-state index is 11.6. The molecule has 5 heteroatoms. The van der Waals surface area contributed by atoms with Crippen LogP contribution in [0.1, 0.15) is 4.88 Å². The first kappa shape index (κ1) is 12.1. The van der Waals surface area contributed by atoms with Gasteiger partial charge in [0, 0.05) is 16.8 Å². The molecular formula is C12H12N2OS2. The van der Waals surface area contributed by atoms with Crippen LogP contribution in [0.3, 0.4) is 0 Å². The minimum absolute atomic E-state index is 0.00902. The summed E-state index contributed by atoms with van der Waals surface area (Å²) in [6, 6.07) is 9.55. The van der Waals surface area contributed by atoms with E-state index in [9.17, 15) is 4.79 Å². The first-order valence-corrected chi connectivity index (χ1v) is 7.19. The molecule has 0 bridgehead atoms. The van der Waals surface area contributed by atoms with E-state index in [1.54, 1.807) is 35.4 Å². The van der Waals surface area contributed by atoms with Gasteiger partial charge in [-0.25, -0.2) is 4.98 Å². The first-order chi connectivity index (χ1) is 8.34. The summed E-state index contributed by atoms with van der Waals surface area (Å²) in [6.07, 6.45) is 1.66.